The predicted octanol–water partition coefficient (Wildman–Crippen LogP) is 2.71. The molecule has 0 bridgehead atoms. The molecule has 2 fully saturated rings. The maximum atomic E-state index is 13.9. The highest BCUT2D eigenvalue weighted by Crippen LogP contribution is 2.37. The number of halogens is 3. The van der Waals surface area contributed by atoms with E-state index in [-0.39, 0.29) is 12.2 Å². The first-order chi connectivity index (χ1) is 17.6. The van der Waals surface area contributed by atoms with Gasteiger partial charge in [-0.15, -0.1) is 0 Å². The molecule has 0 unspecified atom stereocenters. The molecule has 2 aliphatic rings. The number of carbonyl (C=O) groups is 3. The number of likely N-dealkylation sites (N-methyl/N-ethyl adjacent to an activating group) is 1. The highest BCUT2D eigenvalue weighted by atomic mass is 19.4. The Morgan fingerprint density at radius 2 is 1.89 bits per heavy atom. The third kappa shape index (κ3) is 5.65. The lowest BCUT2D eigenvalue weighted by molar-refractivity contribution is -0.170. The second-order valence-corrected chi connectivity index (χ2v) is 9.41. The van der Waals surface area contributed by atoms with Crippen LogP contribution in [0.15, 0.2) is 37.1 Å². The summed E-state index contributed by atoms with van der Waals surface area (Å²) in [5, 5.41) is 2.03. The number of urea groups is 1. The van der Waals surface area contributed by atoms with Crippen LogP contribution in [0.3, 0.4) is 0 Å². The molecule has 0 spiro atoms. The fourth-order valence-electron chi connectivity index (χ4n) is 5.06. The minimum atomic E-state index is -4.70. The number of β-lactam (4-membered cyclic amide) rings is 1. The lowest BCUT2D eigenvalue weighted by Crippen LogP contribution is -2.71. The fraction of sp³-hybridized carbons (Fsp3) is 0.500. The number of hydrogen-bond donors (Lipinski definition) is 2. The van der Waals surface area contributed by atoms with Crippen molar-refractivity contribution in [1.29, 1.82) is 0 Å². The Hall–Kier alpha value is -3.77. The van der Waals surface area contributed by atoms with Crippen LogP contribution in [0.2, 0.25) is 0 Å². The van der Waals surface area contributed by atoms with Crippen molar-refractivity contribution in [1.82, 2.24) is 25.2 Å². The van der Waals surface area contributed by atoms with Gasteiger partial charge in [0.1, 0.15) is 24.2 Å². The van der Waals surface area contributed by atoms with E-state index in [1.54, 1.807) is 6.07 Å². The summed E-state index contributed by atoms with van der Waals surface area (Å²) in [6.45, 7) is 0. The van der Waals surface area contributed by atoms with Crippen molar-refractivity contribution in [3.05, 3.63) is 42.6 Å². The average molecular weight is 520 g/mol. The maximum absolute atomic E-state index is 13.9. The van der Waals surface area contributed by atoms with E-state index >= 15 is 0 Å². The summed E-state index contributed by atoms with van der Waals surface area (Å²) >= 11 is 0. The van der Waals surface area contributed by atoms with E-state index in [1.807, 2.05) is 5.32 Å². The first-order valence-corrected chi connectivity index (χ1v) is 12.0. The van der Waals surface area contributed by atoms with Gasteiger partial charge < -0.3 is 16.0 Å². The molecule has 198 valence electrons. The molecule has 4 amide bonds. The Morgan fingerprint density at radius 1 is 1.22 bits per heavy atom. The summed E-state index contributed by atoms with van der Waals surface area (Å²) in [5.74, 6) is -2.96. The van der Waals surface area contributed by atoms with Crippen LogP contribution in [0.25, 0.3) is 0 Å². The molecule has 13 heteroatoms. The van der Waals surface area contributed by atoms with Gasteiger partial charge >= 0.3 is 12.2 Å². The van der Waals surface area contributed by atoms with Crippen molar-refractivity contribution in [2.24, 2.45) is 11.8 Å². The van der Waals surface area contributed by atoms with Crippen molar-refractivity contribution in [3.8, 4) is 0 Å². The number of nitrogens with one attached hydrogen (secondary N) is 1. The maximum Gasteiger partial charge on any atom is 0.408 e. The minimum Gasteiger partial charge on any atom is -0.384 e. The molecular formula is C24H28F3N7O3. The van der Waals surface area contributed by atoms with Gasteiger partial charge in [0.05, 0.1) is 24.0 Å². The first-order valence-electron chi connectivity index (χ1n) is 12.0. The normalized spacial score (nSPS) is 21.2. The Morgan fingerprint density at radius 3 is 2.51 bits per heavy atom. The van der Waals surface area contributed by atoms with Crippen molar-refractivity contribution in [3.63, 3.8) is 0 Å². The summed E-state index contributed by atoms with van der Waals surface area (Å²) in [5.41, 5.74) is 6.62. The lowest BCUT2D eigenvalue weighted by atomic mass is 9.81. The molecular weight excluding hydrogens is 491 g/mol. The molecule has 0 aromatic carbocycles. The van der Waals surface area contributed by atoms with Crippen LogP contribution in [0.4, 0.5) is 29.5 Å². The third-order valence-electron chi connectivity index (χ3n) is 7.00. The van der Waals surface area contributed by atoms with Gasteiger partial charge in [-0.25, -0.2) is 19.7 Å². The summed E-state index contributed by atoms with van der Waals surface area (Å²) in [6, 6.07) is -1.52. The van der Waals surface area contributed by atoms with E-state index < -0.39 is 47.9 Å². The number of alkyl halides is 3. The number of rotatable bonds is 6. The Bertz CT molecular complexity index is 1140. The SMILES string of the molecule is CN(C(=O)[C@@H]1[C@@H](Cc2ccnc(N)c2)C(=O)N1C(=O)N[C@@H](C1CCCCC1)C(F)(F)F)c1cncnc1. The number of carbonyl (C=O) groups excluding carboxylic acids is 3. The molecule has 3 atom stereocenters. The molecule has 0 radical (unpaired) electrons. The summed E-state index contributed by atoms with van der Waals surface area (Å²) in [7, 11) is 1.42. The van der Waals surface area contributed by atoms with Crippen LogP contribution in [-0.4, -0.2) is 63.0 Å². The molecule has 3 heterocycles. The molecule has 1 aliphatic heterocycles. The monoisotopic (exact) mass is 519 g/mol. The van der Waals surface area contributed by atoms with Crippen molar-refractivity contribution < 1.29 is 27.6 Å². The van der Waals surface area contributed by atoms with Gasteiger partial charge in [-0.1, -0.05) is 19.3 Å². The highest BCUT2D eigenvalue weighted by molar-refractivity contribution is 6.12. The van der Waals surface area contributed by atoms with E-state index in [4.69, 9.17) is 5.73 Å². The molecule has 1 saturated heterocycles. The molecule has 2 aromatic rings. The standard InChI is InChI=1S/C24H28F3N7O3/c1-33(16-11-29-13-30-12-16)22(36)19-17(9-14-7-8-31-18(28)10-14)21(35)34(19)23(37)32-20(24(25,26)27)15-5-3-2-4-6-15/h7-8,10-13,15,17,19-20H,2-6,9H2,1H3,(H2,28,31)(H,32,37)/t17-,19+,20+/m1/s1. The Balaban J connectivity index is 1.60. The van der Waals surface area contributed by atoms with Gasteiger partial charge in [-0.3, -0.25) is 14.5 Å². The van der Waals surface area contributed by atoms with Gasteiger partial charge in [-0.2, -0.15) is 13.2 Å². The van der Waals surface area contributed by atoms with Crippen LogP contribution in [0, 0.1) is 11.8 Å². The Kier molecular flexibility index (Phi) is 7.60. The van der Waals surface area contributed by atoms with Gasteiger partial charge in [0.25, 0.3) is 5.91 Å². The van der Waals surface area contributed by atoms with E-state index in [0.29, 0.717) is 41.8 Å². The second kappa shape index (κ2) is 10.7. The van der Waals surface area contributed by atoms with Gasteiger partial charge in [0, 0.05) is 13.2 Å². The van der Waals surface area contributed by atoms with Crippen molar-refractivity contribution in [2.45, 2.75) is 56.8 Å². The Labute approximate surface area is 211 Å². The average Bonchev–Trinajstić information content (AvgIpc) is 2.88. The number of likely N-dealkylation sites (tertiary alicyclic amines) is 1. The van der Waals surface area contributed by atoms with Crippen LogP contribution in [0.5, 0.6) is 0 Å². The van der Waals surface area contributed by atoms with Crippen LogP contribution < -0.4 is 16.0 Å². The third-order valence-corrected chi connectivity index (χ3v) is 7.00. The number of nitrogens with two attached hydrogens (primary N) is 1. The van der Waals surface area contributed by atoms with E-state index in [2.05, 4.69) is 15.0 Å². The number of imide groups is 1. The minimum absolute atomic E-state index is 0.0518. The summed E-state index contributed by atoms with van der Waals surface area (Å²) < 4.78 is 41.8. The van der Waals surface area contributed by atoms with Crippen LogP contribution in [0.1, 0.15) is 37.7 Å². The summed E-state index contributed by atoms with van der Waals surface area (Å²) in [4.78, 5) is 53.1. The molecule has 3 N–H and O–H groups in total. The fourth-order valence-corrected chi connectivity index (χ4v) is 5.06. The molecule has 4 rings (SSSR count). The largest absolute Gasteiger partial charge is 0.408 e. The van der Waals surface area contributed by atoms with Gasteiger partial charge in [-0.05, 0) is 42.9 Å². The lowest BCUT2D eigenvalue weighted by Gasteiger charge is -2.46. The smallest absolute Gasteiger partial charge is 0.384 e. The van der Waals surface area contributed by atoms with Crippen LogP contribution >= 0.6 is 0 Å². The number of anilines is 2. The number of hydrogen-bond acceptors (Lipinski definition) is 7. The van der Waals surface area contributed by atoms with Gasteiger partial charge in [0.2, 0.25) is 5.91 Å². The van der Waals surface area contributed by atoms with Crippen LogP contribution in [-0.2, 0) is 16.0 Å². The van der Waals surface area contributed by atoms with Crippen molar-refractivity contribution >= 4 is 29.4 Å². The zero-order valence-corrected chi connectivity index (χ0v) is 20.2. The molecule has 1 saturated carbocycles. The number of nitrogen functional groups attached to an aromatic ring is 1. The molecule has 37 heavy (non-hydrogen) atoms. The molecule has 10 nitrogen and oxygen atoms in total. The first kappa shape index (κ1) is 26.3. The van der Waals surface area contributed by atoms with E-state index in [0.717, 1.165) is 6.42 Å². The topological polar surface area (TPSA) is 134 Å². The van der Waals surface area contributed by atoms with E-state index in [9.17, 15) is 27.6 Å². The second-order valence-electron chi connectivity index (χ2n) is 9.41. The zero-order chi connectivity index (χ0) is 26.7. The number of aromatic nitrogens is 3. The number of amides is 4. The van der Waals surface area contributed by atoms with Gasteiger partial charge in [0.15, 0.2) is 0 Å². The molecule has 1 aliphatic carbocycles. The zero-order valence-electron chi connectivity index (χ0n) is 20.2. The molecule has 2 aromatic heterocycles. The number of pyridine rings is 1. The van der Waals surface area contributed by atoms with Crippen molar-refractivity contribution in [2.75, 3.05) is 17.7 Å². The van der Waals surface area contributed by atoms with E-state index in [1.165, 1.54) is 42.9 Å². The number of nitrogens with zero attached hydrogens (tertiary/aromatic N) is 5. The summed E-state index contributed by atoms with van der Waals surface area (Å²) in [6.07, 6.45) is 3.58. The quantitative estimate of drug-likeness (QED) is 0.561. The predicted molar refractivity (Wildman–Crippen MR) is 127 cm³/mol. The highest BCUT2D eigenvalue weighted by Gasteiger charge is 2.57.